The lowest BCUT2D eigenvalue weighted by molar-refractivity contribution is -0.246. The second-order valence-electron chi connectivity index (χ2n) is 20.1. The molecule has 55 heavy (non-hydrogen) atoms. The predicted molar refractivity (Wildman–Crippen MR) is 217 cm³/mol. The van der Waals surface area contributed by atoms with Crippen LogP contribution in [0.15, 0.2) is 60.7 Å². The Hall–Kier alpha value is -3.45. The summed E-state index contributed by atoms with van der Waals surface area (Å²) in [6.07, 6.45) is 10.5. The highest BCUT2D eigenvalue weighted by atomic mass is 16.4. The summed E-state index contributed by atoms with van der Waals surface area (Å²) >= 11 is 0. The molecule has 7 heteroatoms. The van der Waals surface area contributed by atoms with E-state index in [9.17, 15) is 24.6 Å². The molecule has 0 spiro atoms. The van der Waals surface area contributed by atoms with Gasteiger partial charge >= 0.3 is 5.97 Å². The summed E-state index contributed by atoms with van der Waals surface area (Å²) in [4.78, 5) is 39.3. The average molecular weight is 751 g/mol. The van der Waals surface area contributed by atoms with E-state index in [4.69, 9.17) is 0 Å². The summed E-state index contributed by atoms with van der Waals surface area (Å²) in [6, 6.07) is 14.2. The number of nitrogens with one attached hydrogen (secondary N) is 2. The molecular weight excluding hydrogens is 685 g/mol. The van der Waals surface area contributed by atoms with Crippen molar-refractivity contribution in [2.75, 3.05) is 6.54 Å². The molecule has 298 valence electrons. The van der Waals surface area contributed by atoms with Crippen LogP contribution in [0.5, 0.6) is 0 Å². The van der Waals surface area contributed by atoms with Crippen LogP contribution < -0.4 is 10.6 Å². The Bertz CT molecular complexity index is 1850. The van der Waals surface area contributed by atoms with E-state index in [1.54, 1.807) is 24.3 Å². The summed E-state index contributed by atoms with van der Waals surface area (Å²) in [5, 5.41) is 26.8. The number of carbonyl (C=O) groups is 3. The quantitative estimate of drug-likeness (QED) is 0.191. The third kappa shape index (κ3) is 6.30. The molecule has 7 nitrogen and oxygen atoms in total. The maximum atomic E-state index is 14.8. The van der Waals surface area contributed by atoms with Gasteiger partial charge in [0.1, 0.15) is 0 Å². The minimum absolute atomic E-state index is 0.00883. The second-order valence-corrected chi connectivity index (χ2v) is 20.1. The number of carboxylic acids is 1. The van der Waals surface area contributed by atoms with Gasteiger partial charge in [0.05, 0.1) is 17.1 Å². The van der Waals surface area contributed by atoms with Crippen LogP contribution in [-0.2, 0) is 11.3 Å². The van der Waals surface area contributed by atoms with Crippen LogP contribution in [0.2, 0.25) is 0 Å². The largest absolute Gasteiger partial charge is 0.478 e. The van der Waals surface area contributed by atoms with Gasteiger partial charge in [0.25, 0.3) is 5.91 Å². The zero-order valence-electron chi connectivity index (χ0n) is 34.5. The lowest BCUT2D eigenvalue weighted by Crippen LogP contribution is -2.67. The third-order valence-corrected chi connectivity index (χ3v) is 17.4. The lowest BCUT2D eigenvalue weighted by Gasteiger charge is -2.72. The van der Waals surface area contributed by atoms with E-state index < -0.39 is 11.4 Å². The van der Waals surface area contributed by atoms with Crippen molar-refractivity contribution in [3.63, 3.8) is 0 Å². The van der Waals surface area contributed by atoms with Crippen molar-refractivity contribution >= 4 is 17.8 Å². The number of carbonyl (C=O) groups excluding carboxylic acids is 2. The number of aliphatic hydroxyl groups is 1. The summed E-state index contributed by atoms with van der Waals surface area (Å²) in [5.74, 6) is 1.26. The SMILES string of the molecule is C=C(C)[C@@H]1CC[C@]2(C(=O)NCC(C)c3cccc(C(=O)NCc4cccc(C(=O)O)c4)c3)CC[C@]3(C)C(CCC4[C@@]5(C)CC[C@H](O)C(C)(C)C5CC[C@]43C)C12. The number of aliphatic hydroxyl groups excluding tert-OH is 1. The van der Waals surface area contributed by atoms with Crippen LogP contribution >= 0.6 is 0 Å². The number of carboxylic acid groups (broad SMARTS) is 1. The van der Waals surface area contributed by atoms with Gasteiger partial charge in [0.2, 0.25) is 5.91 Å². The molecule has 0 radical (unpaired) electrons. The Labute approximate surface area is 329 Å². The molecule has 5 fully saturated rings. The molecule has 0 saturated heterocycles. The molecule has 5 saturated carbocycles. The Balaban J connectivity index is 1.06. The van der Waals surface area contributed by atoms with E-state index in [0.717, 1.165) is 49.7 Å². The number of allylic oxidation sites excluding steroid dienone is 1. The minimum atomic E-state index is -0.998. The van der Waals surface area contributed by atoms with Crippen LogP contribution in [0.4, 0.5) is 0 Å². The first kappa shape index (κ1) is 39.8. The van der Waals surface area contributed by atoms with Gasteiger partial charge in [-0.25, -0.2) is 4.79 Å². The van der Waals surface area contributed by atoms with E-state index >= 15 is 0 Å². The fourth-order valence-electron chi connectivity index (χ4n) is 14.1. The van der Waals surface area contributed by atoms with Gasteiger partial charge in [0, 0.05) is 18.7 Å². The molecular formula is C48H66N2O5. The summed E-state index contributed by atoms with van der Waals surface area (Å²) < 4.78 is 0. The molecule has 2 amide bonds. The number of rotatable bonds is 9. The number of hydrogen-bond acceptors (Lipinski definition) is 4. The number of hydrogen-bond donors (Lipinski definition) is 4. The van der Waals surface area contributed by atoms with Gasteiger partial charge in [-0.05, 0) is 164 Å². The first-order valence-corrected chi connectivity index (χ1v) is 21.2. The van der Waals surface area contributed by atoms with Gasteiger partial charge in [-0.15, -0.1) is 0 Å². The summed E-state index contributed by atoms with van der Waals surface area (Å²) in [6.45, 7) is 22.0. The molecule has 7 rings (SSSR count). The van der Waals surface area contributed by atoms with Gasteiger partial charge < -0.3 is 20.8 Å². The topological polar surface area (TPSA) is 116 Å². The van der Waals surface area contributed by atoms with Crippen molar-refractivity contribution in [1.82, 2.24) is 10.6 Å². The highest BCUT2D eigenvalue weighted by Gasteiger charge is 2.71. The Morgan fingerprint density at radius 2 is 1.55 bits per heavy atom. The first-order valence-electron chi connectivity index (χ1n) is 21.2. The molecule has 5 aliphatic rings. The van der Waals surface area contributed by atoms with Crippen molar-refractivity contribution in [2.24, 2.45) is 56.7 Å². The first-order chi connectivity index (χ1) is 25.9. The molecule has 2 aromatic rings. The number of amides is 2. The monoisotopic (exact) mass is 750 g/mol. The zero-order chi connectivity index (χ0) is 39.7. The van der Waals surface area contributed by atoms with Crippen LogP contribution in [-0.4, -0.2) is 40.6 Å². The van der Waals surface area contributed by atoms with Gasteiger partial charge in [-0.3, -0.25) is 9.59 Å². The molecule has 2 aromatic carbocycles. The molecule has 4 N–H and O–H groups in total. The summed E-state index contributed by atoms with van der Waals surface area (Å²) in [7, 11) is 0. The Morgan fingerprint density at radius 3 is 2.27 bits per heavy atom. The van der Waals surface area contributed by atoms with Crippen molar-refractivity contribution < 1.29 is 24.6 Å². The normalized spacial score (nSPS) is 38.0. The predicted octanol–water partition coefficient (Wildman–Crippen LogP) is 9.55. The van der Waals surface area contributed by atoms with Crippen molar-refractivity contribution in [2.45, 2.75) is 131 Å². The molecule has 5 unspecified atom stereocenters. The molecule has 11 atom stereocenters. The molecule has 0 heterocycles. The van der Waals surface area contributed by atoms with E-state index in [-0.39, 0.29) is 63.5 Å². The second kappa shape index (κ2) is 14.2. The molecule has 0 aliphatic heterocycles. The van der Waals surface area contributed by atoms with Gasteiger partial charge in [-0.2, -0.15) is 0 Å². The molecule has 0 bridgehead atoms. The van der Waals surface area contributed by atoms with E-state index in [0.29, 0.717) is 35.8 Å². The van der Waals surface area contributed by atoms with Gasteiger partial charge in [-0.1, -0.05) is 78.0 Å². The van der Waals surface area contributed by atoms with E-state index in [2.05, 4.69) is 65.7 Å². The van der Waals surface area contributed by atoms with Crippen LogP contribution in [0, 0.1) is 56.7 Å². The average Bonchev–Trinajstić information content (AvgIpc) is 3.56. The standard InChI is InChI=1S/C48H66N2O5/c1-29(2)35-17-22-48(43(55)50-27-30(3)32-12-10-13-33(26-32)41(52)49-28-31-11-9-14-34(25-31)42(53)54)24-23-46(7)36(40(35)48)15-16-38-45(6)20-19-39(51)44(4,5)37(45)18-21-47(38,46)8/h9-14,25-26,30,35-40,51H,1,15-24,27-28H2,2-8H3,(H,49,52)(H,50,55)(H,53,54)/t30?,35-,36?,37?,38?,39-,40?,45-,46+,47+,48-/m0/s1. The maximum Gasteiger partial charge on any atom is 0.335 e. The van der Waals surface area contributed by atoms with E-state index in [1.165, 1.54) is 37.3 Å². The third-order valence-electron chi connectivity index (χ3n) is 17.4. The molecule has 0 aromatic heterocycles. The van der Waals surface area contributed by atoms with Crippen LogP contribution in [0.3, 0.4) is 0 Å². The van der Waals surface area contributed by atoms with Crippen LogP contribution in [0.1, 0.15) is 150 Å². The van der Waals surface area contributed by atoms with E-state index in [1.807, 2.05) is 18.2 Å². The minimum Gasteiger partial charge on any atom is -0.478 e. The number of fused-ring (bicyclic) bond motifs is 7. The fraction of sp³-hybridized carbons (Fsp3) is 0.646. The Morgan fingerprint density at radius 1 is 0.818 bits per heavy atom. The van der Waals surface area contributed by atoms with Gasteiger partial charge in [0.15, 0.2) is 0 Å². The summed E-state index contributed by atoms with van der Waals surface area (Å²) in [5.41, 5.74) is 3.77. The fourth-order valence-corrected chi connectivity index (χ4v) is 14.1. The van der Waals surface area contributed by atoms with Crippen LogP contribution in [0.25, 0.3) is 0 Å². The number of benzene rings is 2. The smallest absolute Gasteiger partial charge is 0.335 e. The molecule has 5 aliphatic carbocycles. The lowest BCUT2D eigenvalue weighted by atomic mass is 9.32. The van der Waals surface area contributed by atoms with Crippen molar-refractivity contribution in [3.8, 4) is 0 Å². The van der Waals surface area contributed by atoms with Crippen molar-refractivity contribution in [1.29, 1.82) is 0 Å². The number of aromatic carboxylic acids is 1. The Kier molecular flexibility index (Phi) is 10.3. The maximum absolute atomic E-state index is 14.8. The highest BCUT2D eigenvalue weighted by molar-refractivity contribution is 5.94. The zero-order valence-corrected chi connectivity index (χ0v) is 34.5. The van der Waals surface area contributed by atoms with Crippen molar-refractivity contribution in [3.05, 3.63) is 82.9 Å². The highest BCUT2D eigenvalue weighted by Crippen LogP contribution is 2.77.